The standard InChI is InChI=1S/C9H18N4O3S2/c1-12(2)18(14,15)7-8(10)11-17-9(7)13(3)5-6-16-4/h5-6H2,1-4H3,(H2,10,11). The van der Waals surface area contributed by atoms with E-state index in [-0.39, 0.29) is 10.7 Å². The van der Waals surface area contributed by atoms with Crippen LogP contribution in [-0.4, -0.2) is 58.5 Å². The number of hydrogen-bond donors (Lipinski definition) is 1. The van der Waals surface area contributed by atoms with Crippen molar-refractivity contribution in [1.82, 2.24) is 8.68 Å². The molecule has 0 aliphatic heterocycles. The molecule has 0 aliphatic rings. The number of nitrogens with two attached hydrogens (primary N) is 1. The maximum atomic E-state index is 12.2. The lowest BCUT2D eigenvalue weighted by Crippen LogP contribution is -2.27. The van der Waals surface area contributed by atoms with Gasteiger partial charge in [-0.15, -0.1) is 0 Å². The molecule has 0 amide bonds. The van der Waals surface area contributed by atoms with Crippen molar-refractivity contribution in [2.24, 2.45) is 0 Å². The summed E-state index contributed by atoms with van der Waals surface area (Å²) in [6, 6.07) is 0. The van der Waals surface area contributed by atoms with E-state index in [0.29, 0.717) is 18.2 Å². The van der Waals surface area contributed by atoms with E-state index in [1.807, 2.05) is 0 Å². The Balaban J connectivity index is 3.17. The zero-order valence-corrected chi connectivity index (χ0v) is 12.5. The largest absolute Gasteiger partial charge is 0.383 e. The maximum absolute atomic E-state index is 12.2. The summed E-state index contributed by atoms with van der Waals surface area (Å²) in [5, 5.41) is 0.526. The summed E-state index contributed by atoms with van der Waals surface area (Å²) in [5.41, 5.74) is 5.67. The summed E-state index contributed by atoms with van der Waals surface area (Å²) < 4.78 is 34.4. The van der Waals surface area contributed by atoms with Gasteiger partial charge in [-0.3, -0.25) is 0 Å². The second-order valence-corrected chi connectivity index (χ2v) is 6.74. The molecule has 9 heteroatoms. The summed E-state index contributed by atoms with van der Waals surface area (Å²) in [5.74, 6) is 0.0352. The minimum Gasteiger partial charge on any atom is -0.383 e. The van der Waals surface area contributed by atoms with E-state index >= 15 is 0 Å². The van der Waals surface area contributed by atoms with Crippen molar-refractivity contribution in [3.05, 3.63) is 0 Å². The minimum absolute atomic E-state index is 0.0352. The summed E-state index contributed by atoms with van der Waals surface area (Å²) in [4.78, 5) is 1.84. The molecule has 0 bridgehead atoms. The van der Waals surface area contributed by atoms with E-state index in [0.717, 1.165) is 15.8 Å². The molecule has 0 aliphatic carbocycles. The number of likely N-dealkylation sites (N-methyl/N-ethyl adjacent to an activating group) is 1. The third-order valence-electron chi connectivity index (χ3n) is 2.37. The van der Waals surface area contributed by atoms with Crippen LogP contribution in [0.2, 0.25) is 0 Å². The van der Waals surface area contributed by atoms with E-state index in [1.54, 1.807) is 19.1 Å². The Morgan fingerprint density at radius 3 is 2.50 bits per heavy atom. The first kappa shape index (κ1) is 15.2. The molecule has 0 unspecified atom stereocenters. The normalized spacial score (nSPS) is 12.1. The second-order valence-electron chi connectivity index (χ2n) is 3.90. The molecule has 0 atom stereocenters. The monoisotopic (exact) mass is 294 g/mol. The zero-order valence-electron chi connectivity index (χ0n) is 10.9. The van der Waals surface area contributed by atoms with Crippen LogP contribution in [0.5, 0.6) is 0 Å². The Hall–Kier alpha value is -0.900. The number of nitrogens with zero attached hydrogens (tertiary/aromatic N) is 3. The van der Waals surface area contributed by atoms with Gasteiger partial charge in [0.1, 0.15) is 5.00 Å². The highest BCUT2D eigenvalue weighted by molar-refractivity contribution is 7.89. The third kappa shape index (κ3) is 2.91. The number of methoxy groups -OCH3 is 1. The quantitative estimate of drug-likeness (QED) is 0.798. The topological polar surface area (TPSA) is 88.8 Å². The smallest absolute Gasteiger partial charge is 0.249 e. The van der Waals surface area contributed by atoms with E-state index in [2.05, 4.69) is 4.37 Å². The number of sulfonamides is 1. The highest BCUT2D eigenvalue weighted by Gasteiger charge is 2.29. The molecular weight excluding hydrogens is 276 g/mol. The van der Waals surface area contributed by atoms with Gasteiger partial charge in [0.15, 0.2) is 10.7 Å². The Morgan fingerprint density at radius 1 is 1.39 bits per heavy atom. The number of nitrogen functional groups attached to an aromatic ring is 1. The molecule has 1 heterocycles. The van der Waals surface area contributed by atoms with Crippen molar-refractivity contribution in [3.8, 4) is 0 Å². The van der Waals surface area contributed by atoms with E-state index in [9.17, 15) is 8.42 Å². The maximum Gasteiger partial charge on any atom is 0.249 e. The molecule has 7 nitrogen and oxygen atoms in total. The van der Waals surface area contributed by atoms with E-state index in [4.69, 9.17) is 10.5 Å². The summed E-state index contributed by atoms with van der Waals surface area (Å²) in [6.45, 7) is 1.06. The van der Waals surface area contributed by atoms with Crippen LogP contribution in [0.4, 0.5) is 10.8 Å². The van der Waals surface area contributed by atoms with Gasteiger partial charge in [0.2, 0.25) is 10.0 Å². The Labute approximate surface area is 111 Å². The van der Waals surface area contributed by atoms with Crippen molar-refractivity contribution in [3.63, 3.8) is 0 Å². The lowest BCUT2D eigenvalue weighted by molar-refractivity contribution is 0.206. The molecule has 1 rings (SSSR count). The van der Waals surface area contributed by atoms with Crippen LogP contribution in [0.15, 0.2) is 4.90 Å². The average Bonchev–Trinajstić information content (AvgIpc) is 2.68. The SMILES string of the molecule is COCCN(C)c1snc(N)c1S(=O)(=O)N(C)C. The Kier molecular flexibility index (Phi) is 4.91. The lowest BCUT2D eigenvalue weighted by Gasteiger charge is -2.19. The van der Waals surface area contributed by atoms with Gasteiger partial charge < -0.3 is 15.4 Å². The number of hydrogen-bond acceptors (Lipinski definition) is 7. The number of aromatic nitrogens is 1. The van der Waals surface area contributed by atoms with Gasteiger partial charge in [-0.1, -0.05) is 0 Å². The van der Waals surface area contributed by atoms with Crippen LogP contribution in [0.1, 0.15) is 0 Å². The number of ether oxygens (including phenoxy) is 1. The molecule has 18 heavy (non-hydrogen) atoms. The Morgan fingerprint density at radius 2 is 2.00 bits per heavy atom. The minimum atomic E-state index is -3.59. The van der Waals surface area contributed by atoms with Crippen LogP contribution >= 0.6 is 11.5 Å². The highest BCUT2D eigenvalue weighted by Crippen LogP contribution is 2.35. The van der Waals surface area contributed by atoms with Crippen LogP contribution in [0.3, 0.4) is 0 Å². The molecule has 0 saturated heterocycles. The van der Waals surface area contributed by atoms with Gasteiger partial charge in [0.25, 0.3) is 0 Å². The van der Waals surface area contributed by atoms with E-state index in [1.165, 1.54) is 14.1 Å². The van der Waals surface area contributed by atoms with Crippen molar-refractivity contribution < 1.29 is 13.2 Å². The second kappa shape index (κ2) is 5.83. The first-order valence-corrected chi connectivity index (χ1v) is 7.41. The molecule has 0 spiro atoms. The van der Waals surface area contributed by atoms with Crippen LogP contribution < -0.4 is 10.6 Å². The van der Waals surface area contributed by atoms with Crippen molar-refractivity contribution in [1.29, 1.82) is 0 Å². The molecule has 1 aromatic rings. The van der Waals surface area contributed by atoms with Gasteiger partial charge in [0, 0.05) is 34.8 Å². The fourth-order valence-electron chi connectivity index (χ4n) is 1.28. The molecule has 104 valence electrons. The fourth-order valence-corrected chi connectivity index (χ4v) is 3.51. The predicted octanol–water partition coefficient (Wildman–Crippen LogP) is 0.0582. The first-order chi connectivity index (χ1) is 8.32. The molecule has 0 fully saturated rings. The van der Waals surface area contributed by atoms with Gasteiger partial charge in [-0.2, -0.15) is 4.37 Å². The average molecular weight is 294 g/mol. The van der Waals surface area contributed by atoms with Crippen molar-refractivity contribution >= 4 is 32.4 Å². The number of anilines is 2. The zero-order chi connectivity index (χ0) is 13.9. The van der Waals surface area contributed by atoms with Crippen molar-refractivity contribution in [2.45, 2.75) is 4.90 Å². The fraction of sp³-hybridized carbons (Fsp3) is 0.667. The molecule has 0 saturated carbocycles. The predicted molar refractivity (Wildman–Crippen MR) is 72.5 cm³/mol. The molecule has 1 aromatic heterocycles. The van der Waals surface area contributed by atoms with Gasteiger partial charge in [0.05, 0.1) is 6.61 Å². The van der Waals surface area contributed by atoms with Crippen LogP contribution in [-0.2, 0) is 14.8 Å². The van der Waals surface area contributed by atoms with Gasteiger partial charge in [-0.25, -0.2) is 12.7 Å². The van der Waals surface area contributed by atoms with Crippen LogP contribution in [0.25, 0.3) is 0 Å². The van der Waals surface area contributed by atoms with Crippen LogP contribution in [0, 0.1) is 0 Å². The molecular formula is C9H18N4O3S2. The summed E-state index contributed by atoms with van der Waals surface area (Å²) >= 11 is 1.07. The number of rotatable bonds is 6. The van der Waals surface area contributed by atoms with Gasteiger partial charge in [-0.05, 0) is 11.5 Å². The third-order valence-corrected chi connectivity index (χ3v) is 5.36. The lowest BCUT2D eigenvalue weighted by atomic mass is 10.5. The molecule has 0 radical (unpaired) electrons. The first-order valence-electron chi connectivity index (χ1n) is 5.20. The molecule has 2 N–H and O–H groups in total. The molecule has 0 aromatic carbocycles. The van der Waals surface area contributed by atoms with E-state index < -0.39 is 10.0 Å². The summed E-state index contributed by atoms with van der Waals surface area (Å²) in [6.07, 6.45) is 0. The van der Waals surface area contributed by atoms with Gasteiger partial charge >= 0.3 is 0 Å². The Bertz CT molecular complexity index is 498. The highest BCUT2D eigenvalue weighted by atomic mass is 32.2. The van der Waals surface area contributed by atoms with Crippen molar-refractivity contribution in [2.75, 3.05) is 52.0 Å². The summed E-state index contributed by atoms with van der Waals surface area (Å²) in [7, 11) is 2.70.